The number of nitrogens with zero attached hydrogens (tertiary/aromatic N) is 3. The summed E-state index contributed by atoms with van der Waals surface area (Å²) in [6, 6.07) is 1.92. The fraction of sp³-hybridized carbons (Fsp3) is 0.500. The van der Waals surface area contributed by atoms with Gasteiger partial charge < -0.3 is 5.32 Å². The van der Waals surface area contributed by atoms with Crippen LogP contribution >= 0.6 is 12.2 Å². The molecule has 1 amide bonds. The van der Waals surface area contributed by atoms with Crippen LogP contribution in [-0.2, 0) is 7.05 Å². The number of hydrogen-bond acceptors (Lipinski definition) is 4. The summed E-state index contributed by atoms with van der Waals surface area (Å²) in [6.45, 7) is 0. The molecular weight excluding hydrogens is 324 g/mol. The fourth-order valence-electron chi connectivity index (χ4n) is 2.95. The van der Waals surface area contributed by atoms with Crippen molar-refractivity contribution in [3.63, 3.8) is 0 Å². The van der Waals surface area contributed by atoms with Crippen LogP contribution in [0.1, 0.15) is 59.3 Å². The Hall–Kier alpha value is -2.22. The van der Waals surface area contributed by atoms with Gasteiger partial charge in [0.2, 0.25) is 0 Å². The van der Waals surface area contributed by atoms with Crippen LogP contribution in [-0.4, -0.2) is 32.8 Å². The number of fused-ring (bicyclic) bond motifs is 1. The second-order valence-electron chi connectivity index (χ2n) is 6.51. The van der Waals surface area contributed by atoms with Gasteiger partial charge in [0.25, 0.3) is 5.91 Å². The number of carbonyl (C=O) groups is 1. The molecule has 0 radical (unpaired) electrons. The van der Waals surface area contributed by atoms with Gasteiger partial charge in [-0.15, -0.1) is 0 Å². The number of rotatable bonds is 3. The number of carbonyl (C=O) groups excluding carboxylic acids is 1. The molecule has 8 heteroatoms. The second-order valence-corrected chi connectivity index (χ2v) is 6.92. The maximum atomic E-state index is 12.8. The Morgan fingerprint density at radius 1 is 1.25 bits per heavy atom. The first-order valence-corrected chi connectivity index (χ1v) is 8.65. The molecule has 0 spiro atoms. The molecule has 2 aliphatic rings. The zero-order valence-corrected chi connectivity index (χ0v) is 14.5. The zero-order chi connectivity index (χ0) is 16.8. The summed E-state index contributed by atoms with van der Waals surface area (Å²) in [5.74, 6) is 0.698. The molecule has 2 heterocycles. The lowest BCUT2D eigenvalue weighted by Gasteiger charge is -2.11. The van der Waals surface area contributed by atoms with Crippen molar-refractivity contribution in [3.8, 4) is 0 Å². The predicted molar refractivity (Wildman–Crippen MR) is 94.7 cm³/mol. The van der Waals surface area contributed by atoms with E-state index in [9.17, 15) is 4.79 Å². The lowest BCUT2D eigenvalue weighted by atomic mass is 10.1. The summed E-state index contributed by atoms with van der Waals surface area (Å²) < 4.78 is 1.80. The molecule has 2 aromatic rings. The average molecular weight is 344 g/mol. The van der Waals surface area contributed by atoms with Crippen molar-refractivity contribution in [2.75, 3.05) is 7.05 Å². The summed E-state index contributed by atoms with van der Waals surface area (Å²) in [5, 5.41) is 8.65. The van der Waals surface area contributed by atoms with Crippen molar-refractivity contribution >= 4 is 34.3 Å². The van der Waals surface area contributed by atoms with Crippen molar-refractivity contribution < 1.29 is 4.79 Å². The first-order chi connectivity index (χ1) is 11.6. The van der Waals surface area contributed by atoms with Gasteiger partial charge in [-0.3, -0.25) is 20.3 Å². The summed E-state index contributed by atoms with van der Waals surface area (Å²) in [5.41, 5.74) is 8.76. The highest BCUT2D eigenvalue weighted by Gasteiger charge is 2.33. The van der Waals surface area contributed by atoms with Gasteiger partial charge in [0.1, 0.15) is 0 Å². The first-order valence-electron chi connectivity index (χ1n) is 8.24. The lowest BCUT2D eigenvalue weighted by Crippen LogP contribution is -2.45. The Morgan fingerprint density at radius 3 is 2.58 bits per heavy atom. The van der Waals surface area contributed by atoms with Gasteiger partial charge in [0, 0.05) is 31.6 Å². The molecule has 2 fully saturated rings. The van der Waals surface area contributed by atoms with E-state index in [1.807, 2.05) is 13.1 Å². The molecule has 0 atom stereocenters. The number of aromatic nitrogens is 3. The van der Waals surface area contributed by atoms with E-state index in [4.69, 9.17) is 17.2 Å². The van der Waals surface area contributed by atoms with Crippen molar-refractivity contribution in [1.82, 2.24) is 30.9 Å². The minimum atomic E-state index is -0.211. The van der Waals surface area contributed by atoms with Crippen LogP contribution in [0.25, 0.3) is 11.0 Å². The zero-order valence-electron chi connectivity index (χ0n) is 13.7. The number of nitrogens with one attached hydrogen (secondary N) is 3. The summed E-state index contributed by atoms with van der Waals surface area (Å²) >= 11 is 5.01. The molecule has 2 aromatic heterocycles. The Morgan fingerprint density at radius 2 is 1.96 bits per heavy atom. The summed E-state index contributed by atoms with van der Waals surface area (Å²) in [6.07, 6.45) is 4.52. The topological polar surface area (TPSA) is 83.9 Å². The van der Waals surface area contributed by atoms with Gasteiger partial charge in [-0.05, 0) is 44.0 Å². The molecule has 24 heavy (non-hydrogen) atoms. The van der Waals surface area contributed by atoms with E-state index in [2.05, 4.69) is 21.3 Å². The highest BCUT2D eigenvalue weighted by Crippen LogP contribution is 2.45. The van der Waals surface area contributed by atoms with E-state index in [0.29, 0.717) is 22.5 Å². The monoisotopic (exact) mass is 344 g/mol. The van der Waals surface area contributed by atoms with Crippen LogP contribution in [0.2, 0.25) is 0 Å². The predicted octanol–water partition coefficient (Wildman–Crippen LogP) is 1.46. The van der Waals surface area contributed by atoms with E-state index in [-0.39, 0.29) is 5.91 Å². The maximum Gasteiger partial charge on any atom is 0.270 e. The van der Waals surface area contributed by atoms with Crippen LogP contribution in [0.4, 0.5) is 0 Å². The van der Waals surface area contributed by atoms with E-state index in [0.717, 1.165) is 48.1 Å². The van der Waals surface area contributed by atoms with Crippen LogP contribution in [0.3, 0.4) is 0 Å². The van der Waals surface area contributed by atoms with Crippen LogP contribution in [0, 0.1) is 0 Å². The first kappa shape index (κ1) is 15.3. The van der Waals surface area contributed by atoms with Gasteiger partial charge in [-0.2, -0.15) is 5.10 Å². The average Bonchev–Trinajstić information content (AvgIpc) is 3.49. The maximum absolute atomic E-state index is 12.8. The SMILES string of the molecule is CNC(=S)NNC(=O)c1cc(C2CC2)nc2c1c(C1CC1)nn2C. The number of hydrazine groups is 1. The van der Waals surface area contributed by atoms with E-state index in [1.165, 1.54) is 0 Å². The molecule has 2 aliphatic carbocycles. The van der Waals surface area contributed by atoms with Gasteiger partial charge in [-0.25, -0.2) is 4.98 Å². The van der Waals surface area contributed by atoms with Gasteiger partial charge in [0.15, 0.2) is 10.8 Å². The molecule has 0 bridgehead atoms. The van der Waals surface area contributed by atoms with Crippen molar-refractivity contribution in [2.24, 2.45) is 7.05 Å². The molecule has 0 aromatic carbocycles. The largest absolute Gasteiger partial charge is 0.364 e. The molecule has 0 unspecified atom stereocenters. The van der Waals surface area contributed by atoms with E-state index < -0.39 is 0 Å². The van der Waals surface area contributed by atoms with Gasteiger partial charge >= 0.3 is 0 Å². The van der Waals surface area contributed by atoms with Crippen LogP contribution in [0.5, 0.6) is 0 Å². The Balaban J connectivity index is 1.78. The van der Waals surface area contributed by atoms with Crippen LogP contribution in [0.15, 0.2) is 6.07 Å². The Bertz CT molecular complexity index is 837. The minimum absolute atomic E-state index is 0.211. The standard InChI is InChI=1S/C16H20N6OS/c1-17-16(24)20-19-15(23)10-7-11(8-3-4-8)18-14-12(10)13(9-5-6-9)21-22(14)2/h7-9H,3-6H2,1-2H3,(H,19,23)(H2,17,20,24). The smallest absolute Gasteiger partial charge is 0.270 e. The molecule has 2 saturated carbocycles. The Labute approximate surface area is 145 Å². The number of hydrogen-bond donors (Lipinski definition) is 3. The number of aryl methyl sites for hydroxylation is 1. The third kappa shape index (κ3) is 2.71. The molecule has 7 nitrogen and oxygen atoms in total. The number of amides is 1. The third-order valence-electron chi connectivity index (χ3n) is 4.56. The number of thiocarbonyl (C=S) groups is 1. The summed E-state index contributed by atoms with van der Waals surface area (Å²) in [7, 11) is 3.59. The van der Waals surface area contributed by atoms with Crippen molar-refractivity contribution in [2.45, 2.75) is 37.5 Å². The molecule has 0 aliphatic heterocycles. The van der Waals surface area contributed by atoms with Crippen molar-refractivity contribution in [3.05, 3.63) is 23.0 Å². The molecule has 3 N–H and O–H groups in total. The van der Waals surface area contributed by atoms with E-state index in [1.54, 1.807) is 11.7 Å². The highest BCUT2D eigenvalue weighted by molar-refractivity contribution is 7.80. The highest BCUT2D eigenvalue weighted by atomic mass is 32.1. The van der Waals surface area contributed by atoms with Crippen LogP contribution < -0.4 is 16.2 Å². The second kappa shape index (κ2) is 5.70. The number of pyridine rings is 1. The fourth-order valence-corrected chi connectivity index (χ4v) is 3.00. The van der Waals surface area contributed by atoms with Gasteiger partial charge in [-0.1, -0.05) is 0 Å². The van der Waals surface area contributed by atoms with Gasteiger partial charge in [0.05, 0.1) is 16.6 Å². The summed E-state index contributed by atoms with van der Waals surface area (Å²) in [4.78, 5) is 17.5. The Kier molecular flexibility index (Phi) is 3.64. The minimum Gasteiger partial charge on any atom is -0.364 e. The quantitative estimate of drug-likeness (QED) is 0.578. The molecule has 126 valence electrons. The normalized spacial score (nSPS) is 16.9. The van der Waals surface area contributed by atoms with E-state index >= 15 is 0 Å². The molecule has 0 saturated heterocycles. The third-order valence-corrected chi connectivity index (χ3v) is 4.87. The van der Waals surface area contributed by atoms with Crippen molar-refractivity contribution in [1.29, 1.82) is 0 Å². The molecular formula is C16H20N6OS. The molecule has 4 rings (SSSR count). The lowest BCUT2D eigenvalue weighted by molar-refractivity contribution is 0.0945.